The number of fused-ring (bicyclic) bond motifs is 1. The Morgan fingerprint density at radius 2 is 1.82 bits per heavy atom. The summed E-state index contributed by atoms with van der Waals surface area (Å²) in [7, 11) is 0. The molecule has 12 heteroatoms. The van der Waals surface area contributed by atoms with Crippen LogP contribution in [0.4, 0.5) is 17.5 Å². The Kier molecular flexibility index (Phi) is 6.29. The Morgan fingerprint density at radius 3 is 2.50 bits per heavy atom. The van der Waals surface area contributed by atoms with Crippen LogP contribution in [0.2, 0.25) is 0 Å². The van der Waals surface area contributed by atoms with Gasteiger partial charge < -0.3 is 30.0 Å². The first-order valence-corrected chi connectivity index (χ1v) is 11.9. The van der Waals surface area contributed by atoms with Gasteiger partial charge in [-0.05, 0) is 33.3 Å². The van der Waals surface area contributed by atoms with Crippen LogP contribution >= 0.6 is 0 Å². The van der Waals surface area contributed by atoms with Crippen molar-refractivity contribution in [2.45, 2.75) is 44.9 Å². The van der Waals surface area contributed by atoms with Crippen LogP contribution in [0.3, 0.4) is 0 Å². The summed E-state index contributed by atoms with van der Waals surface area (Å²) < 4.78 is 11.1. The summed E-state index contributed by atoms with van der Waals surface area (Å²) >= 11 is 0. The standard InChI is InChI=1S/C26H27N7O5/c1-25(2,36)23-33-32-21(37-23)15-11-27-19(10-17(15)29-18(13-34)14-8-6-5-7-9-14)30-24-28-12-16-20(31-24)26(3,4)38-22(16)35/h5-12,18,34,36H,13H2,1-4H3,(H2,27,28,29,30,31)/t18-/m1/s1. The van der Waals surface area contributed by atoms with Gasteiger partial charge in [-0.3, -0.25) is 0 Å². The molecule has 0 fully saturated rings. The van der Waals surface area contributed by atoms with Gasteiger partial charge in [0.05, 0.1) is 23.9 Å². The first-order valence-electron chi connectivity index (χ1n) is 11.9. The number of esters is 1. The molecular formula is C26H27N7O5. The van der Waals surface area contributed by atoms with Gasteiger partial charge in [0.1, 0.15) is 28.3 Å². The van der Waals surface area contributed by atoms with Crippen molar-refractivity contribution in [2.75, 3.05) is 17.2 Å². The predicted octanol–water partition coefficient (Wildman–Crippen LogP) is 3.44. The SMILES string of the molecule is CC(C)(O)c1nnc(-c2cnc(Nc3ncc4c(n3)C(C)(C)OC4=O)cc2N[C@H](CO)c2ccccc2)o1. The molecule has 3 aromatic heterocycles. The van der Waals surface area contributed by atoms with E-state index in [1.54, 1.807) is 33.8 Å². The third-order valence-electron chi connectivity index (χ3n) is 5.96. The lowest BCUT2D eigenvalue weighted by Gasteiger charge is -2.20. The zero-order valence-electron chi connectivity index (χ0n) is 21.3. The van der Waals surface area contributed by atoms with E-state index in [-0.39, 0.29) is 24.3 Å². The van der Waals surface area contributed by atoms with Gasteiger partial charge in [0.15, 0.2) is 0 Å². The van der Waals surface area contributed by atoms with E-state index < -0.39 is 23.2 Å². The number of hydrogen-bond donors (Lipinski definition) is 4. The van der Waals surface area contributed by atoms with E-state index in [9.17, 15) is 15.0 Å². The number of nitrogens with zero attached hydrogens (tertiary/aromatic N) is 5. The minimum atomic E-state index is -1.32. The number of hydrogen-bond acceptors (Lipinski definition) is 12. The number of pyridine rings is 1. The van der Waals surface area contributed by atoms with Crippen molar-refractivity contribution >= 4 is 23.4 Å². The summed E-state index contributed by atoms with van der Waals surface area (Å²) in [5.41, 5.74) is 0.442. The van der Waals surface area contributed by atoms with Gasteiger partial charge >= 0.3 is 5.97 Å². The summed E-state index contributed by atoms with van der Waals surface area (Å²) in [5.74, 6) is 0.329. The number of benzene rings is 1. The first kappa shape index (κ1) is 25.2. The molecule has 5 rings (SSSR count). The summed E-state index contributed by atoms with van der Waals surface area (Å²) in [5, 5.41) is 34.8. The summed E-state index contributed by atoms with van der Waals surface area (Å²) in [6, 6.07) is 10.7. The fourth-order valence-electron chi connectivity index (χ4n) is 4.00. The average molecular weight is 518 g/mol. The number of anilines is 3. The molecular weight excluding hydrogens is 490 g/mol. The van der Waals surface area contributed by atoms with Crippen molar-refractivity contribution in [3.8, 4) is 11.5 Å². The summed E-state index contributed by atoms with van der Waals surface area (Å²) in [6.45, 7) is 6.41. The largest absolute Gasteiger partial charge is 0.449 e. The minimum Gasteiger partial charge on any atom is -0.449 e. The molecule has 1 aliphatic rings. The third kappa shape index (κ3) is 4.91. The highest BCUT2D eigenvalue weighted by Gasteiger charge is 2.40. The van der Waals surface area contributed by atoms with Gasteiger partial charge in [0, 0.05) is 18.5 Å². The van der Waals surface area contributed by atoms with Crippen LogP contribution in [-0.2, 0) is 15.9 Å². The molecule has 196 valence electrons. The highest BCUT2D eigenvalue weighted by molar-refractivity contribution is 5.93. The van der Waals surface area contributed by atoms with Crippen LogP contribution < -0.4 is 10.6 Å². The number of nitrogens with one attached hydrogen (secondary N) is 2. The second-order valence-corrected chi connectivity index (χ2v) is 9.86. The van der Waals surface area contributed by atoms with Crippen LogP contribution in [-0.4, -0.2) is 47.9 Å². The maximum absolute atomic E-state index is 12.1. The fourth-order valence-corrected chi connectivity index (χ4v) is 4.00. The molecule has 0 spiro atoms. The second kappa shape index (κ2) is 9.47. The lowest BCUT2D eigenvalue weighted by atomic mass is 10.0. The highest BCUT2D eigenvalue weighted by Crippen LogP contribution is 2.36. The van der Waals surface area contributed by atoms with Gasteiger partial charge in [-0.25, -0.2) is 19.7 Å². The molecule has 1 atom stereocenters. The molecule has 12 nitrogen and oxygen atoms in total. The lowest BCUT2D eigenvalue weighted by molar-refractivity contribution is 0.00833. The quantitative estimate of drug-likeness (QED) is 0.252. The van der Waals surface area contributed by atoms with E-state index in [4.69, 9.17) is 9.15 Å². The van der Waals surface area contributed by atoms with E-state index in [0.717, 1.165) is 5.56 Å². The molecule has 4 aromatic rings. The number of aliphatic hydroxyl groups excluding tert-OH is 1. The van der Waals surface area contributed by atoms with Crippen LogP contribution in [0.15, 0.2) is 53.2 Å². The maximum atomic E-state index is 12.1. The number of rotatable bonds is 8. The fraction of sp³-hybridized carbons (Fsp3) is 0.308. The lowest BCUT2D eigenvalue weighted by Crippen LogP contribution is -2.18. The van der Waals surface area contributed by atoms with Crippen LogP contribution in [0.5, 0.6) is 0 Å². The minimum absolute atomic E-state index is 0.0494. The number of cyclic esters (lactones) is 1. The Labute approximate surface area is 218 Å². The van der Waals surface area contributed by atoms with E-state index >= 15 is 0 Å². The van der Waals surface area contributed by atoms with Gasteiger partial charge in [0.2, 0.25) is 11.8 Å². The van der Waals surface area contributed by atoms with Crippen molar-refractivity contribution in [1.82, 2.24) is 25.1 Å². The molecule has 0 saturated heterocycles. The van der Waals surface area contributed by atoms with Crippen molar-refractivity contribution in [3.05, 3.63) is 71.5 Å². The van der Waals surface area contributed by atoms with E-state index in [0.29, 0.717) is 28.3 Å². The zero-order valence-corrected chi connectivity index (χ0v) is 21.3. The highest BCUT2D eigenvalue weighted by atomic mass is 16.6. The maximum Gasteiger partial charge on any atom is 0.342 e. The molecule has 1 aromatic carbocycles. The van der Waals surface area contributed by atoms with Gasteiger partial charge in [-0.15, -0.1) is 10.2 Å². The van der Waals surface area contributed by atoms with Crippen molar-refractivity contribution in [1.29, 1.82) is 0 Å². The first-order chi connectivity index (χ1) is 18.0. The number of carbonyl (C=O) groups excluding carboxylic acids is 1. The number of carbonyl (C=O) groups is 1. The molecule has 0 radical (unpaired) electrons. The van der Waals surface area contributed by atoms with Crippen molar-refractivity contribution in [2.24, 2.45) is 0 Å². The summed E-state index contributed by atoms with van der Waals surface area (Å²) in [6.07, 6.45) is 2.94. The molecule has 1 aliphatic heterocycles. The van der Waals surface area contributed by atoms with E-state index in [1.807, 2.05) is 30.3 Å². The van der Waals surface area contributed by atoms with Gasteiger partial charge in [-0.2, -0.15) is 0 Å². The molecule has 0 bridgehead atoms. The Bertz CT molecular complexity index is 1480. The molecule has 0 aliphatic carbocycles. The van der Waals surface area contributed by atoms with E-state index in [2.05, 4.69) is 35.8 Å². The number of aliphatic hydroxyl groups is 2. The number of ether oxygens (including phenoxy) is 1. The molecule has 4 N–H and O–H groups in total. The topological polar surface area (TPSA) is 168 Å². The second-order valence-electron chi connectivity index (χ2n) is 9.86. The van der Waals surface area contributed by atoms with Crippen LogP contribution in [0.25, 0.3) is 11.5 Å². The van der Waals surface area contributed by atoms with Crippen LogP contribution in [0.1, 0.15) is 61.2 Å². The third-order valence-corrected chi connectivity index (χ3v) is 5.96. The van der Waals surface area contributed by atoms with Crippen LogP contribution in [0, 0.1) is 0 Å². The number of aromatic nitrogens is 5. The normalized spacial score (nSPS) is 15.1. The summed E-state index contributed by atoms with van der Waals surface area (Å²) in [4.78, 5) is 25.2. The molecule has 0 amide bonds. The Hall–Kier alpha value is -4.42. The van der Waals surface area contributed by atoms with E-state index in [1.165, 1.54) is 12.4 Å². The van der Waals surface area contributed by atoms with Gasteiger partial charge in [-0.1, -0.05) is 30.3 Å². The van der Waals surface area contributed by atoms with Crippen molar-refractivity contribution < 1.29 is 24.2 Å². The molecule has 4 heterocycles. The Balaban J connectivity index is 1.52. The molecule has 0 unspecified atom stereocenters. The molecule has 0 saturated carbocycles. The van der Waals surface area contributed by atoms with Gasteiger partial charge in [0.25, 0.3) is 5.89 Å². The molecule has 38 heavy (non-hydrogen) atoms. The average Bonchev–Trinajstić information content (AvgIpc) is 3.46. The van der Waals surface area contributed by atoms with Crippen molar-refractivity contribution in [3.63, 3.8) is 0 Å². The Morgan fingerprint density at radius 1 is 1.08 bits per heavy atom. The monoisotopic (exact) mass is 517 g/mol. The zero-order chi connectivity index (χ0) is 27.1. The predicted molar refractivity (Wildman–Crippen MR) is 136 cm³/mol. The smallest absolute Gasteiger partial charge is 0.342 e.